The summed E-state index contributed by atoms with van der Waals surface area (Å²) in [5.74, 6) is 0.294. The fraction of sp³-hybridized carbons (Fsp3) is 0.240. The second kappa shape index (κ2) is 9.20. The number of rotatable bonds is 6. The van der Waals surface area contributed by atoms with Crippen LogP contribution in [0.3, 0.4) is 0 Å². The molecule has 1 aliphatic rings. The molecule has 0 saturated carbocycles. The first-order valence-electron chi connectivity index (χ1n) is 10.9. The van der Waals surface area contributed by atoms with Gasteiger partial charge < -0.3 is 10.1 Å². The molecule has 3 heterocycles. The van der Waals surface area contributed by atoms with E-state index in [0.717, 1.165) is 43.4 Å². The van der Waals surface area contributed by atoms with Gasteiger partial charge in [-0.3, -0.25) is 14.8 Å². The number of aromatic amines is 1. The lowest BCUT2D eigenvalue weighted by molar-refractivity contribution is 0.0926. The largest absolute Gasteiger partial charge is 0.474 e. The second-order valence-corrected chi connectivity index (χ2v) is 8.09. The number of piperidine rings is 1. The van der Waals surface area contributed by atoms with Gasteiger partial charge in [-0.05, 0) is 42.7 Å². The minimum atomic E-state index is -0.197. The molecule has 0 atom stereocenters. The molecule has 0 radical (unpaired) electrons. The molecule has 0 unspecified atom stereocenters. The van der Waals surface area contributed by atoms with Crippen LogP contribution in [0.25, 0.3) is 10.9 Å². The number of nitrogens with zero attached hydrogens (tertiary/aromatic N) is 3. The predicted octanol–water partition coefficient (Wildman–Crippen LogP) is 4.25. The number of nitrogens with one attached hydrogen (secondary N) is 2. The number of carbonyl (C=O) groups is 1. The second-order valence-electron chi connectivity index (χ2n) is 8.09. The molecule has 7 heteroatoms. The van der Waals surface area contributed by atoms with Crippen LogP contribution in [0.15, 0.2) is 73.1 Å². The predicted molar refractivity (Wildman–Crippen MR) is 124 cm³/mol. The fourth-order valence-corrected chi connectivity index (χ4v) is 4.04. The SMILES string of the molecule is O=C(Nc1ccc2[nH]ncc2c1)c1ccnc(OC2CCN(Cc3ccccc3)CC2)c1. The Balaban J connectivity index is 1.17. The molecular weight excluding hydrogens is 402 g/mol. The van der Waals surface area contributed by atoms with Gasteiger partial charge in [0.25, 0.3) is 5.91 Å². The minimum Gasteiger partial charge on any atom is -0.474 e. The van der Waals surface area contributed by atoms with E-state index in [0.29, 0.717) is 17.1 Å². The molecule has 1 amide bonds. The topological polar surface area (TPSA) is 83.1 Å². The van der Waals surface area contributed by atoms with E-state index in [-0.39, 0.29) is 12.0 Å². The number of hydrogen-bond acceptors (Lipinski definition) is 5. The van der Waals surface area contributed by atoms with Gasteiger partial charge in [0.15, 0.2) is 0 Å². The Labute approximate surface area is 186 Å². The van der Waals surface area contributed by atoms with E-state index in [4.69, 9.17) is 4.74 Å². The van der Waals surface area contributed by atoms with Gasteiger partial charge >= 0.3 is 0 Å². The Hall–Kier alpha value is -3.71. The highest BCUT2D eigenvalue weighted by Gasteiger charge is 2.21. The number of amides is 1. The van der Waals surface area contributed by atoms with Gasteiger partial charge in [-0.2, -0.15) is 5.10 Å². The highest BCUT2D eigenvalue weighted by Crippen LogP contribution is 2.21. The van der Waals surface area contributed by atoms with Crippen molar-refractivity contribution in [1.29, 1.82) is 0 Å². The Kier molecular flexibility index (Phi) is 5.81. The van der Waals surface area contributed by atoms with E-state index in [1.165, 1.54) is 5.56 Å². The molecule has 0 aliphatic carbocycles. The molecule has 2 aromatic heterocycles. The van der Waals surface area contributed by atoms with Crippen molar-refractivity contribution in [3.05, 3.63) is 84.2 Å². The molecule has 32 heavy (non-hydrogen) atoms. The number of benzene rings is 2. The summed E-state index contributed by atoms with van der Waals surface area (Å²) in [6.45, 7) is 2.93. The fourth-order valence-electron chi connectivity index (χ4n) is 4.04. The normalized spacial score (nSPS) is 15.0. The first-order chi connectivity index (χ1) is 15.7. The van der Waals surface area contributed by atoms with Gasteiger partial charge in [0, 0.05) is 48.5 Å². The summed E-state index contributed by atoms with van der Waals surface area (Å²) < 4.78 is 6.11. The van der Waals surface area contributed by atoms with E-state index in [1.54, 1.807) is 24.5 Å². The Bertz CT molecular complexity index is 1200. The van der Waals surface area contributed by atoms with Crippen LogP contribution >= 0.6 is 0 Å². The Morgan fingerprint density at radius 2 is 1.94 bits per heavy atom. The van der Waals surface area contributed by atoms with Crippen molar-refractivity contribution in [2.24, 2.45) is 0 Å². The highest BCUT2D eigenvalue weighted by atomic mass is 16.5. The summed E-state index contributed by atoms with van der Waals surface area (Å²) in [5.41, 5.74) is 3.49. The number of H-pyrrole nitrogens is 1. The third kappa shape index (κ3) is 4.78. The lowest BCUT2D eigenvalue weighted by Crippen LogP contribution is -2.37. The average Bonchev–Trinajstić information content (AvgIpc) is 3.29. The third-order valence-electron chi connectivity index (χ3n) is 5.77. The molecule has 7 nitrogen and oxygen atoms in total. The molecule has 1 fully saturated rings. The van der Waals surface area contributed by atoms with Crippen LogP contribution in [0.1, 0.15) is 28.8 Å². The van der Waals surface area contributed by atoms with Crippen LogP contribution < -0.4 is 10.1 Å². The van der Waals surface area contributed by atoms with E-state index < -0.39 is 0 Å². The van der Waals surface area contributed by atoms with E-state index in [9.17, 15) is 4.79 Å². The molecule has 2 N–H and O–H groups in total. The van der Waals surface area contributed by atoms with Crippen LogP contribution in [0.4, 0.5) is 5.69 Å². The number of hydrogen-bond donors (Lipinski definition) is 2. The van der Waals surface area contributed by atoms with E-state index >= 15 is 0 Å². The maximum absolute atomic E-state index is 12.7. The van der Waals surface area contributed by atoms with Crippen LogP contribution in [0.2, 0.25) is 0 Å². The smallest absolute Gasteiger partial charge is 0.255 e. The molecule has 1 aliphatic heterocycles. The van der Waals surface area contributed by atoms with Gasteiger partial charge in [0.05, 0.1) is 11.7 Å². The number of ether oxygens (including phenoxy) is 1. The summed E-state index contributed by atoms with van der Waals surface area (Å²) in [6, 6.07) is 19.6. The zero-order valence-electron chi connectivity index (χ0n) is 17.7. The number of likely N-dealkylation sites (tertiary alicyclic amines) is 1. The van der Waals surface area contributed by atoms with Crippen molar-refractivity contribution in [3.63, 3.8) is 0 Å². The number of carbonyl (C=O) groups excluding carboxylic acids is 1. The zero-order chi connectivity index (χ0) is 21.8. The van der Waals surface area contributed by atoms with Crippen LogP contribution in [0.5, 0.6) is 5.88 Å². The molecule has 1 saturated heterocycles. The monoisotopic (exact) mass is 427 g/mol. The quantitative estimate of drug-likeness (QED) is 0.481. The first-order valence-corrected chi connectivity index (χ1v) is 10.9. The van der Waals surface area contributed by atoms with Gasteiger partial charge in [-0.1, -0.05) is 30.3 Å². The van der Waals surface area contributed by atoms with E-state index in [2.05, 4.69) is 49.7 Å². The molecule has 5 rings (SSSR count). The average molecular weight is 428 g/mol. The molecule has 0 bridgehead atoms. The lowest BCUT2D eigenvalue weighted by atomic mass is 10.1. The molecule has 4 aromatic rings. The van der Waals surface area contributed by atoms with Gasteiger partial charge in [0.2, 0.25) is 5.88 Å². The summed E-state index contributed by atoms with van der Waals surface area (Å²) in [6.07, 6.45) is 5.34. The number of aromatic nitrogens is 3. The lowest BCUT2D eigenvalue weighted by Gasteiger charge is -2.31. The summed E-state index contributed by atoms with van der Waals surface area (Å²) >= 11 is 0. The van der Waals surface area contributed by atoms with Crippen LogP contribution in [-0.4, -0.2) is 45.2 Å². The van der Waals surface area contributed by atoms with Crippen molar-refractivity contribution in [2.75, 3.05) is 18.4 Å². The van der Waals surface area contributed by atoms with Crippen molar-refractivity contribution < 1.29 is 9.53 Å². The molecule has 2 aromatic carbocycles. The van der Waals surface area contributed by atoms with Gasteiger partial charge in [-0.15, -0.1) is 0 Å². The zero-order valence-corrected chi connectivity index (χ0v) is 17.7. The third-order valence-corrected chi connectivity index (χ3v) is 5.77. The number of fused-ring (bicyclic) bond motifs is 1. The summed E-state index contributed by atoms with van der Waals surface area (Å²) in [5, 5.41) is 10.8. The van der Waals surface area contributed by atoms with E-state index in [1.807, 2.05) is 24.3 Å². The van der Waals surface area contributed by atoms with Gasteiger partial charge in [0.1, 0.15) is 6.10 Å². The summed E-state index contributed by atoms with van der Waals surface area (Å²) in [7, 11) is 0. The van der Waals surface area contributed by atoms with Crippen molar-refractivity contribution in [3.8, 4) is 5.88 Å². The standard InChI is InChI=1S/C25H25N5O2/c31-25(28-21-6-7-23-20(14-21)16-27-29-23)19-8-11-26-24(15-19)32-22-9-12-30(13-10-22)17-18-4-2-1-3-5-18/h1-8,11,14-16,22H,9-10,12-13,17H2,(H,27,29)(H,28,31). The Morgan fingerprint density at radius 1 is 1.09 bits per heavy atom. The minimum absolute atomic E-state index is 0.108. The number of anilines is 1. The van der Waals surface area contributed by atoms with Crippen LogP contribution in [0, 0.1) is 0 Å². The van der Waals surface area contributed by atoms with Crippen molar-refractivity contribution in [2.45, 2.75) is 25.5 Å². The maximum Gasteiger partial charge on any atom is 0.255 e. The molecular formula is C25H25N5O2. The van der Waals surface area contributed by atoms with Crippen LogP contribution in [-0.2, 0) is 6.54 Å². The molecule has 162 valence electrons. The maximum atomic E-state index is 12.7. The van der Waals surface area contributed by atoms with Gasteiger partial charge in [-0.25, -0.2) is 4.98 Å². The first kappa shape index (κ1) is 20.2. The van der Waals surface area contributed by atoms with Crippen molar-refractivity contribution >= 4 is 22.5 Å². The highest BCUT2D eigenvalue weighted by molar-refractivity contribution is 6.05. The van der Waals surface area contributed by atoms with Crippen molar-refractivity contribution in [1.82, 2.24) is 20.1 Å². The summed E-state index contributed by atoms with van der Waals surface area (Å²) in [4.78, 5) is 19.5. The molecule has 0 spiro atoms. The number of pyridine rings is 1. The Morgan fingerprint density at radius 3 is 2.78 bits per heavy atom.